The van der Waals surface area contributed by atoms with Crippen LogP contribution < -0.4 is 5.32 Å². The van der Waals surface area contributed by atoms with Gasteiger partial charge in [0, 0.05) is 11.4 Å². The van der Waals surface area contributed by atoms with E-state index < -0.39 is 9.84 Å². The van der Waals surface area contributed by atoms with E-state index in [1.165, 1.54) is 12.1 Å². The molecule has 0 saturated carbocycles. The highest BCUT2D eigenvalue weighted by atomic mass is 32.2. The summed E-state index contributed by atoms with van der Waals surface area (Å²) in [5, 5.41) is 3.73. The van der Waals surface area contributed by atoms with Crippen molar-refractivity contribution in [2.24, 2.45) is 0 Å². The Balaban J connectivity index is 1.60. The second-order valence-corrected chi connectivity index (χ2v) is 10.7. The Kier molecular flexibility index (Phi) is 5.29. The van der Waals surface area contributed by atoms with Crippen LogP contribution in [0.5, 0.6) is 0 Å². The van der Waals surface area contributed by atoms with Gasteiger partial charge >= 0.3 is 0 Å². The number of allylic oxidation sites excluding steroid dienone is 1. The molecule has 32 heavy (non-hydrogen) atoms. The molecule has 1 N–H and O–H groups in total. The summed E-state index contributed by atoms with van der Waals surface area (Å²) in [5.74, 6) is -0.435. The van der Waals surface area contributed by atoms with E-state index in [4.69, 9.17) is 4.98 Å². The number of aromatic nitrogens is 1. The minimum absolute atomic E-state index is 0.0142. The van der Waals surface area contributed by atoms with Crippen molar-refractivity contribution in [2.45, 2.75) is 31.7 Å². The molecule has 2 aliphatic rings. The summed E-state index contributed by atoms with van der Waals surface area (Å²) in [7, 11) is -3.09. The number of sulfone groups is 1. The molecule has 1 aliphatic carbocycles. The fraction of sp³-hybridized carbons (Fsp3) is 0.280. The zero-order valence-electron chi connectivity index (χ0n) is 17.5. The number of benzene rings is 2. The van der Waals surface area contributed by atoms with Gasteiger partial charge in [-0.15, -0.1) is 0 Å². The van der Waals surface area contributed by atoms with E-state index >= 15 is 0 Å². The van der Waals surface area contributed by atoms with E-state index in [0.29, 0.717) is 12.0 Å². The quantitative estimate of drug-likeness (QED) is 0.650. The Labute approximate surface area is 186 Å². The predicted octanol–water partition coefficient (Wildman–Crippen LogP) is 4.17. The van der Waals surface area contributed by atoms with Gasteiger partial charge in [0.05, 0.1) is 28.3 Å². The largest absolute Gasteiger partial charge is 0.348 e. The second-order valence-electron chi connectivity index (χ2n) is 8.48. The Hall–Kier alpha value is -3.06. The number of carbonyl (C=O) groups is 1. The lowest BCUT2D eigenvalue weighted by molar-refractivity contribution is 0.0941. The van der Waals surface area contributed by atoms with Crippen LogP contribution in [-0.4, -0.2) is 36.9 Å². The van der Waals surface area contributed by atoms with Crippen molar-refractivity contribution < 1.29 is 17.6 Å². The van der Waals surface area contributed by atoms with Crippen molar-refractivity contribution in [3.63, 3.8) is 0 Å². The van der Waals surface area contributed by atoms with Crippen LogP contribution in [0.2, 0.25) is 0 Å². The number of pyridine rings is 1. The van der Waals surface area contributed by atoms with Gasteiger partial charge in [-0.1, -0.05) is 30.3 Å². The zero-order chi connectivity index (χ0) is 22.3. The maximum absolute atomic E-state index is 13.4. The third kappa shape index (κ3) is 4.05. The molecular formula is C25H23FN2O3S. The number of nitrogens with one attached hydrogen (secondary N) is 1. The number of para-hydroxylation sites is 1. The number of halogens is 1. The first-order valence-electron chi connectivity index (χ1n) is 10.8. The summed E-state index contributed by atoms with van der Waals surface area (Å²) in [6.07, 6.45) is 4.86. The molecule has 1 aromatic heterocycles. The monoisotopic (exact) mass is 450 g/mol. The maximum atomic E-state index is 13.4. The lowest BCUT2D eigenvalue weighted by atomic mass is 9.85. The molecule has 1 aliphatic heterocycles. The molecule has 3 aromatic rings. The first-order valence-corrected chi connectivity index (χ1v) is 12.6. The highest BCUT2D eigenvalue weighted by molar-refractivity contribution is 7.91. The topological polar surface area (TPSA) is 76.1 Å². The normalized spacial score (nSPS) is 20.9. The molecule has 1 amide bonds. The molecule has 0 radical (unpaired) electrons. The predicted molar refractivity (Wildman–Crippen MR) is 123 cm³/mol. The van der Waals surface area contributed by atoms with Crippen LogP contribution in [0, 0.1) is 5.82 Å². The number of hydrogen-bond donors (Lipinski definition) is 1. The maximum Gasteiger partial charge on any atom is 0.252 e. The summed E-state index contributed by atoms with van der Waals surface area (Å²) in [6.45, 7) is 0. The van der Waals surface area contributed by atoms with E-state index in [-0.39, 0.29) is 29.3 Å². The third-order valence-corrected chi connectivity index (χ3v) is 7.94. The lowest BCUT2D eigenvalue weighted by Crippen LogP contribution is -2.36. The van der Waals surface area contributed by atoms with Crippen LogP contribution in [-0.2, 0) is 16.3 Å². The SMILES string of the molecule is O=C(NC1CCS(=O)(=O)C1)c1c2c(nc3ccccc13)/C(=C/c1ccc(F)cc1)CCC2. The van der Waals surface area contributed by atoms with E-state index in [2.05, 4.69) is 5.32 Å². The third-order valence-electron chi connectivity index (χ3n) is 6.18. The van der Waals surface area contributed by atoms with E-state index in [1.54, 1.807) is 12.1 Å². The Morgan fingerprint density at radius 3 is 2.62 bits per heavy atom. The summed E-state index contributed by atoms with van der Waals surface area (Å²) in [4.78, 5) is 18.3. The average Bonchev–Trinajstić information content (AvgIpc) is 3.12. The Bertz CT molecular complexity index is 1350. The van der Waals surface area contributed by atoms with Gasteiger partial charge in [-0.2, -0.15) is 0 Å². The molecule has 0 bridgehead atoms. The van der Waals surface area contributed by atoms with E-state index in [9.17, 15) is 17.6 Å². The summed E-state index contributed by atoms with van der Waals surface area (Å²) < 4.78 is 37.0. The van der Waals surface area contributed by atoms with Crippen LogP contribution in [0.25, 0.3) is 22.6 Å². The van der Waals surface area contributed by atoms with Crippen LogP contribution in [0.4, 0.5) is 4.39 Å². The van der Waals surface area contributed by atoms with Crippen molar-refractivity contribution in [3.8, 4) is 0 Å². The molecule has 1 atom stereocenters. The van der Waals surface area contributed by atoms with Gasteiger partial charge in [-0.05, 0) is 66.7 Å². The molecule has 7 heteroatoms. The standard InChI is InChI=1S/C25H23FN2O3S/c26-18-10-8-16(9-11-18)14-17-4-3-6-21-23(20-5-1-2-7-22(20)28-24(17)21)25(29)27-19-12-13-32(30,31)15-19/h1-2,5,7-11,14,19H,3-4,6,12-13,15H2,(H,27,29)/b17-14+. The second kappa shape index (κ2) is 8.13. The van der Waals surface area contributed by atoms with Gasteiger partial charge in [0.15, 0.2) is 9.84 Å². The van der Waals surface area contributed by atoms with Gasteiger partial charge in [0.25, 0.3) is 5.91 Å². The number of rotatable bonds is 3. The first kappa shape index (κ1) is 20.8. The van der Waals surface area contributed by atoms with Gasteiger partial charge < -0.3 is 5.32 Å². The van der Waals surface area contributed by atoms with Crippen molar-refractivity contribution in [1.29, 1.82) is 0 Å². The van der Waals surface area contributed by atoms with Crippen LogP contribution >= 0.6 is 0 Å². The number of amides is 1. The number of nitrogens with zero attached hydrogens (tertiary/aromatic N) is 1. The van der Waals surface area contributed by atoms with Crippen molar-refractivity contribution in [3.05, 3.63) is 76.7 Å². The number of fused-ring (bicyclic) bond motifs is 2. The highest BCUT2D eigenvalue weighted by Crippen LogP contribution is 2.36. The molecule has 1 fully saturated rings. The molecule has 5 nitrogen and oxygen atoms in total. The molecule has 1 unspecified atom stereocenters. The van der Waals surface area contributed by atoms with Gasteiger partial charge in [0.2, 0.25) is 0 Å². The highest BCUT2D eigenvalue weighted by Gasteiger charge is 2.31. The van der Waals surface area contributed by atoms with Gasteiger partial charge in [-0.3, -0.25) is 4.79 Å². The molecular weight excluding hydrogens is 427 g/mol. The summed E-state index contributed by atoms with van der Waals surface area (Å²) in [6, 6.07) is 13.5. The van der Waals surface area contributed by atoms with Gasteiger partial charge in [-0.25, -0.2) is 17.8 Å². The fourth-order valence-corrected chi connectivity index (χ4v) is 6.33. The Morgan fingerprint density at radius 1 is 1.09 bits per heavy atom. The lowest BCUT2D eigenvalue weighted by Gasteiger charge is -2.23. The Morgan fingerprint density at radius 2 is 1.88 bits per heavy atom. The number of carbonyl (C=O) groups excluding carboxylic acids is 1. The fourth-order valence-electron chi connectivity index (χ4n) is 4.66. The van der Waals surface area contributed by atoms with Crippen molar-refractivity contribution in [2.75, 3.05) is 11.5 Å². The van der Waals surface area contributed by atoms with Gasteiger partial charge in [0.1, 0.15) is 5.82 Å². The van der Waals surface area contributed by atoms with E-state index in [0.717, 1.165) is 52.6 Å². The smallest absolute Gasteiger partial charge is 0.252 e. The molecule has 2 aromatic carbocycles. The summed E-state index contributed by atoms with van der Waals surface area (Å²) in [5.41, 5.74) is 4.89. The van der Waals surface area contributed by atoms with Crippen LogP contribution in [0.1, 0.15) is 46.4 Å². The number of hydrogen-bond acceptors (Lipinski definition) is 4. The summed E-state index contributed by atoms with van der Waals surface area (Å²) >= 11 is 0. The minimum Gasteiger partial charge on any atom is -0.348 e. The van der Waals surface area contributed by atoms with Crippen LogP contribution in [0.3, 0.4) is 0 Å². The molecule has 164 valence electrons. The zero-order valence-corrected chi connectivity index (χ0v) is 18.3. The molecule has 5 rings (SSSR count). The minimum atomic E-state index is -3.09. The first-order chi connectivity index (χ1) is 15.4. The molecule has 2 heterocycles. The average molecular weight is 451 g/mol. The van der Waals surface area contributed by atoms with Crippen molar-refractivity contribution >= 4 is 38.3 Å². The van der Waals surface area contributed by atoms with E-state index in [1.807, 2.05) is 30.3 Å². The molecule has 1 saturated heterocycles. The van der Waals surface area contributed by atoms with Crippen molar-refractivity contribution in [1.82, 2.24) is 10.3 Å². The molecule has 0 spiro atoms. The van der Waals surface area contributed by atoms with Crippen LogP contribution in [0.15, 0.2) is 48.5 Å².